The fourth-order valence-corrected chi connectivity index (χ4v) is 2.10. The summed E-state index contributed by atoms with van der Waals surface area (Å²) in [6, 6.07) is 15.5. The van der Waals surface area contributed by atoms with Crippen molar-refractivity contribution < 1.29 is 9.84 Å². The van der Waals surface area contributed by atoms with Crippen LogP contribution in [0, 0.1) is 0 Å². The van der Waals surface area contributed by atoms with Gasteiger partial charge in [0, 0.05) is 12.2 Å². The molecular weight excluding hydrogens is 306 g/mol. The number of anilines is 1. The first-order chi connectivity index (χ1) is 9.29. The number of para-hydroxylation sites is 1. The predicted octanol–water partition coefficient (Wildman–Crippen LogP) is 3.43. The molecule has 0 heterocycles. The standard InChI is InChI=1S/C15H16BrNO2/c16-14-6-1-2-7-15(14)19-9-8-17-13-5-3-4-12(10-13)11-18/h1-7,10,17-18H,8-9,11H2. The van der Waals surface area contributed by atoms with E-state index in [1.165, 1.54) is 0 Å². The van der Waals surface area contributed by atoms with Gasteiger partial charge < -0.3 is 15.2 Å². The topological polar surface area (TPSA) is 41.5 Å². The van der Waals surface area contributed by atoms with E-state index in [9.17, 15) is 0 Å². The highest BCUT2D eigenvalue weighted by atomic mass is 79.9. The lowest BCUT2D eigenvalue weighted by atomic mass is 10.2. The number of aliphatic hydroxyl groups is 1. The van der Waals surface area contributed by atoms with Crippen molar-refractivity contribution in [3.8, 4) is 5.75 Å². The maximum absolute atomic E-state index is 9.06. The zero-order chi connectivity index (χ0) is 13.5. The lowest BCUT2D eigenvalue weighted by Gasteiger charge is -2.10. The summed E-state index contributed by atoms with van der Waals surface area (Å²) in [6.07, 6.45) is 0. The number of nitrogens with one attached hydrogen (secondary N) is 1. The number of halogens is 1. The molecule has 19 heavy (non-hydrogen) atoms. The summed E-state index contributed by atoms with van der Waals surface area (Å²) < 4.78 is 6.61. The molecule has 2 aromatic rings. The fraction of sp³-hybridized carbons (Fsp3) is 0.200. The second-order valence-electron chi connectivity index (χ2n) is 4.06. The molecule has 2 N–H and O–H groups in total. The summed E-state index contributed by atoms with van der Waals surface area (Å²) in [5, 5.41) is 12.3. The van der Waals surface area contributed by atoms with Gasteiger partial charge >= 0.3 is 0 Å². The summed E-state index contributed by atoms with van der Waals surface area (Å²) in [5.41, 5.74) is 1.89. The van der Waals surface area contributed by atoms with E-state index in [1.54, 1.807) is 0 Å². The van der Waals surface area contributed by atoms with Crippen LogP contribution >= 0.6 is 15.9 Å². The molecule has 0 atom stereocenters. The highest BCUT2D eigenvalue weighted by Crippen LogP contribution is 2.23. The Bertz CT molecular complexity index is 531. The van der Waals surface area contributed by atoms with Crippen LogP contribution in [-0.4, -0.2) is 18.3 Å². The molecule has 0 aliphatic carbocycles. The Kier molecular flexibility index (Phi) is 5.24. The van der Waals surface area contributed by atoms with E-state index in [0.717, 1.165) is 21.5 Å². The Hall–Kier alpha value is -1.52. The first-order valence-electron chi connectivity index (χ1n) is 6.10. The molecule has 0 aliphatic rings. The van der Waals surface area contributed by atoms with Crippen LogP contribution in [0.15, 0.2) is 53.0 Å². The van der Waals surface area contributed by atoms with Crippen molar-refractivity contribution in [3.05, 3.63) is 58.6 Å². The van der Waals surface area contributed by atoms with Crippen molar-refractivity contribution in [1.82, 2.24) is 0 Å². The molecule has 2 rings (SSSR count). The highest BCUT2D eigenvalue weighted by molar-refractivity contribution is 9.10. The van der Waals surface area contributed by atoms with E-state index >= 15 is 0 Å². The third-order valence-electron chi connectivity index (χ3n) is 2.63. The van der Waals surface area contributed by atoms with E-state index in [4.69, 9.17) is 9.84 Å². The Morgan fingerprint density at radius 2 is 1.95 bits per heavy atom. The molecule has 0 spiro atoms. The monoisotopic (exact) mass is 321 g/mol. The number of ether oxygens (including phenoxy) is 1. The zero-order valence-electron chi connectivity index (χ0n) is 10.5. The SMILES string of the molecule is OCc1cccc(NCCOc2ccccc2Br)c1. The molecule has 0 fully saturated rings. The van der Waals surface area contributed by atoms with Gasteiger partial charge in [-0.2, -0.15) is 0 Å². The number of rotatable bonds is 6. The molecule has 0 aliphatic heterocycles. The maximum atomic E-state index is 9.06. The van der Waals surface area contributed by atoms with Crippen LogP contribution in [0.25, 0.3) is 0 Å². The lowest BCUT2D eigenvalue weighted by molar-refractivity contribution is 0.282. The average molecular weight is 322 g/mol. The van der Waals surface area contributed by atoms with E-state index in [2.05, 4.69) is 21.2 Å². The van der Waals surface area contributed by atoms with Crippen LogP contribution in [-0.2, 0) is 6.61 Å². The normalized spacial score (nSPS) is 10.2. The van der Waals surface area contributed by atoms with Gasteiger partial charge in [-0.15, -0.1) is 0 Å². The van der Waals surface area contributed by atoms with Gasteiger partial charge in [0.15, 0.2) is 0 Å². The van der Waals surface area contributed by atoms with Gasteiger partial charge in [-0.1, -0.05) is 24.3 Å². The Morgan fingerprint density at radius 3 is 2.74 bits per heavy atom. The van der Waals surface area contributed by atoms with Crippen LogP contribution in [0.2, 0.25) is 0 Å². The molecule has 3 nitrogen and oxygen atoms in total. The van der Waals surface area contributed by atoms with E-state index in [-0.39, 0.29) is 6.61 Å². The number of hydrogen-bond donors (Lipinski definition) is 2. The maximum Gasteiger partial charge on any atom is 0.133 e. The van der Waals surface area contributed by atoms with Gasteiger partial charge in [0.25, 0.3) is 0 Å². The molecule has 0 bridgehead atoms. The summed E-state index contributed by atoms with van der Waals surface area (Å²) in [7, 11) is 0. The molecule has 4 heteroatoms. The third kappa shape index (κ3) is 4.26. The third-order valence-corrected chi connectivity index (χ3v) is 3.29. The minimum atomic E-state index is 0.0585. The molecule has 0 aromatic heterocycles. The molecule has 0 saturated heterocycles. The summed E-state index contributed by atoms with van der Waals surface area (Å²) in [5.74, 6) is 0.841. The minimum Gasteiger partial charge on any atom is -0.491 e. The first kappa shape index (κ1) is 13.9. The molecule has 0 saturated carbocycles. The molecule has 0 amide bonds. The quantitative estimate of drug-likeness (QED) is 0.801. The molecular formula is C15H16BrNO2. The van der Waals surface area contributed by atoms with Crippen molar-refractivity contribution in [2.24, 2.45) is 0 Å². The van der Waals surface area contributed by atoms with Gasteiger partial charge in [0.05, 0.1) is 11.1 Å². The van der Waals surface area contributed by atoms with Crippen LogP contribution < -0.4 is 10.1 Å². The predicted molar refractivity (Wildman–Crippen MR) is 80.5 cm³/mol. The molecule has 100 valence electrons. The van der Waals surface area contributed by atoms with Crippen molar-refractivity contribution in [3.63, 3.8) is 0 Å². The van der Waals surface area contributed by atoms with Crippen molar-refractivity contribution >= 4 is 21.6 Å². The summed E-state index contributed by atoms with van der Waals surface area (Å²) >= 11 is 3.44. The van der Waals surface area contributed by atoms with Crippen LogP contribution in [0.1, 0.15) is 5.56 Å². The first-order valence-corrected chi connectivity index (χ1v) is 6.90. The highest BCUT2D eigenvalue weighted by Gasteiger charge is 1.99. The van der Waals surface area contributed by atoms with Gasteiger partial charge in [-0.25, -0.2) is 0 Å². The number of benzene rings is 2. The second-order valence-corrected chi connectivity index (χ2v) is 4.92. The summed E-state index contributed by atoms with van der Waals surface area (Å²) in [6.45, 7) is 1.34. The largest absolute Gasteiger partial charge is 0.491 e. The molecule has 0 radical (unpaired) electrons. The fourth-order valence-electron chi connectivity index (χ4n) is 1.70. The van der Waals surface area contributed by atoms with Crippen molar-refractivity contribution in [2.45, 2.75) is 6.61 Å². The molecule has 2 aromatic carbocycles. The number of hydrogen-bond acceptors (Lipinski definition) is 3. The Balaban J connectivity index is 1.79. The number of aliphatic hydroxyl groups excluding tert-OH is 1. The zero-order valence-corrected chi connectivity index (χ0v) is 12.1. The Labute approximate surface area is 121 Å². The van der Waals surface area contributed by atoms with Gasteiger partial charge in [0.1, 0.15) is 12.4 Å². The Morgan fingerprint density at radius 1 is 1.11 bits per heavy atom. The van der Waals surface area contributed by atoms with Crippen LogP contribution in [0.5, 0.6) is 5.75 Å². The van der Waals surface area contributed by atoms with Crippen molar-refractivity contribution in [1.29, 1.82) is 0 Å². The summed E-state index contributed by atoms with van der Waals surface area (Å²) in [4.78, 5) is 0. The second kappa shape index (κ2) is 7.16. The van der Waals surface area contributed by atoms with Gasteiger partial charge in [0.2, 0.25) is 0 Å². The average Bonchev–Trinajstić information content (AvgIpc) is 2.45. The van der Waals surface area contributed by atoms with E-state index in [1.807, 2.05) is 48.5 Å². The lowest BCUT2D eigenvalue weighted by Crippen LogP contribution is -2.11. The minimum absolute atomic E-state index is 0.0585. The van der Waals surface area contributed by atoms with Crippen LogP contribution in [0.3, 0.4) is 0 Å². The molecule has 0 unspecified atom stereocenters. The van der Waals surface area contributed by atoms with Gasteiger partial charge in [-0.3, -0.25) is 0 Å². The van der Waals surface area contributed by atoms with E-state index < -0.39 is 0 Å². The smallest absolute Gasteiger partial charge is 0.133 e. The van der Waals surface area contributed by atoms with Gasteiger partial charge in [-0.05, 0) is 45.8 Å². The van der Waals surface area contributed by atoms with Crippen LogP contribution in [0.4, 0.5) is 5.69 Å². The van der Waals surface area contributed by atoms with E-state index in [0.29, 0.717) is 13.2 Å². The van der Waals surface area contributed by atoms with Crippen molar-refractivity contribution in [2.75, 3.05) is 18.5 Å².